The number of anilines is 1. The van der Waals surface area contributed by atoms with Crippen LogP contribution in [0.4, 0.5) is 5.00 Å². The molecule has 4 nitrogen and oxygen atoms in total. The zero-order chi connectivity index (χ0) is 22.4. The smallest absolute Gasteiger partial charge is 0.341 e. The summed E-state index contributed by atoms with van der Waals surface area (Å²) < 4.78 is 5.28. The molecule has 0 saturated heterocycles. The van der Waals surface area contributed by atoms with Crippen molar-refractivity contribution in [2.75, 3.05) is 11.9 Å². The third kappa shape index (κ3) is 5.50. The Morgan fingerprint density at radius 3 is 2.35 bits per heavy atom. The SMILES string of the molecule is CCOC(=O)c1c(NC(=O)/C=C/c2ccc(C(C)C)cc2)sc(C)c1-c1ccccc1. The first-order valence-corrected chi connectivity index (χ1v) is 11.2. The van der Waals surface area contributed by atoms with Crippen LogP contribution in [0.3, 0.4) is 0 Å². The number of benzene rings is 2. The van der Waals surface area contributed by atoms with E-state index in [9.17, 15) is 9.59 Å². The largest absolute Gasteiger partial charge is 0.462 e. The highest BCUT2D eigenvalue weighted by molar-refractivity contribution is 7.17. The second kappa shape index (κ2) is 10.2. The van der Waals surface area contributed by atoms with Gasteiger partial charge < -0.3 is 10.1 Å². The molecule has 1 aromatic heterocycles. The molecular weight excluding hydrogens is 406 g/mol. The molecule has 0 aliphatic carbocycles. The number of hydrogen-bond donors (Lipinski definition) is 1. The molecule has 0 spiro atoms. The minimum absolute atomic E-state index is 0.265. The summed E-state index contributed by atoms with van der Waals surface area (Å²) in [4.78, 5) is 26.3. The maximum Gasteiger partial charge on any atom is 0.341 e. The van der Waals surface area contributed by atoms with Gasteiger partial charge in [-0.2, -0.15) is 0 Å². The van der Waals surface area contributed by atoms with E-state index in [1.807, 2.05) is 49.4 Å². The Balaban J connectivity index is 1.86. The number of carbonyl (C=O) groups is 2. The Bertz CT molecular complexity index is 1080. The minimum Gasteiger partial charge on any atom is -0.462 e. The fourth-order valence-electron chi connectivity index (χ4n) is 3.30. The average molecular weight is 434 g/mol. The zero-order valence-corrected chi connectivity index (χ0v) is 19.1. The summed E-state index contributed by atoms with van der Waals surface area (Å²) in [6.07, 6.45) is 3.25. The third-order valence-electron chi connectivity index (χ3n) is 4.89. The first-order valence-electron chi connectivity index (χ1n) is 10.4. The van der Waals surface area contributed by atoms with E-state index >= 15 is 0 Å². The lowest BCUT2D eigenvalue weighted by Gasteiger charge is -2.08. The van der Waals surface area contributed by atoms with Crippen LogP contribution >= 0.6 is 11.3 Å². The molecule has 0 atom stereocenters. The Kier molecular flexibility index (Phi) is 7.42. The van der Waals surface area contributed by atoms with Gasteiger partial charge in [0.2, 0.25) is 5.91 Å². The number of nitrogens with one attached hydrogen (secondary N) is 1. The summed E-state index contributed by atoms with van der Waals surface area (Å²) in [5, 5.41) is 3.37. The number of hydrogen-bond acceptors (Lipinski definition) is 4. The standard InChI is InChI=1S/C26H27NO3S/c1-5-30-26(29)24-23(21-9-7-6-8-10-21)18(4)31-25(24)27-22(28)16-13-19-11-14-20(15-12-19)17(2)3/h6-17H,5H2,1-4H3,(H,27,28)/b16-13+. The molecule has 5 heteroatoms. The van der Waals surface area contributed by atoms with E-state index in [1.54, 1.807) is 13.0 Å². The van der Waals surface area contributed by atoms with Crippen LogP contribution in [-0.2, 0) is 9.53 Å². The molecule has 0 aliphatic heterocycles. The molecule has 0 unspecified atom stereocenters. The molecule has 0 fully saturated rings. The Labute approximate surface area is 187 Å². The lowest BCUT2D eigenvalue weighted by atomic mass is 10.0. The zero-order valence-electron chi connectivity index (χ0n) is 18.3. The summed E-state index contributed by atoms with van der Waals surface area (Å²) in [5.41, 5.74) is 4.31. The predicted molar refractivity (Wildman–Crippen MR) is 129 cm³/mol. The van der Waals surface area contributed by atoms with E-state index in [1.165, 1.54) is 23.0 Å². The third-order valence-corrected chi connectivity index (χ3v) is 5.91. The van der Waals surface area contributed by atoms with E-state index in [2.05, 4.69) is 31.3 Å². The van der Waals surface area contributed by atoms with E-state index < -0.39 is 5.97 Å². The van der Waals surface area contributed by atoms with Gasteiger partial charge in [-0.05, 0) is 42.5 Å². The van der Waals surface area contributed by atoms with E-state index in [0.717, 1.165) is 21.6 Å². The topological polar surface area (TPSA) is 55.4 Å². The number of thiophene rings is 1. The molecule has 0 radical (unpaired) electrons. The highest BCUT2D eigenvalue weighted by atomic mass is 32.1. The molecule has 3 aromatic rings. The van der Waals surface area contributed by atoms with Crippen LogP contribution in [0.15, 0.2) is 60.7 Å². The van der Waals surface area contributed by atoms with Crippen molar-refractivity contribution in [3.05, 3.63) is 82.2 Å². The number of esters is 1. The molecule has 160 valence electrons. The molecule has 2 aromatic carbocycles. The van der Waals surface area contributed by atoms with Gasteiger partial charge in [-0.15, -0.1) is 11.3 Å². The second-order valence-corrected chi connectivity index (χ2v) is 8.69. The van der Waals surface area contributed by atoms with Crippen LogP contribution in [0.1, 0.15) is 53.1 Å². The predicted octanol–water partition coefficient (Wildman–Crippen LogP) is 6.68. The molecule has 0 saturated carbocycles. The van der Waals surface area contributed by atoms with Crippen molar-refractivity contribution in [3.8, 4) is 11.1 Å². The molecular formula is C26H27NO3S. The number of rotatable bonds is 7. The Hall–Kier alpha value is -3.18. The average Bonchev–Trinajstić information content (AvgIpc) is 3.08. The summed E-state index contributed by atoms with van der Waals surface area (Å²) in [6, 6.07) is 17.8. The van der Waals surface area contributed by atoms with Crippen molar-refractivity contribution >= 4 is 34.3 Å². The summed E-state index contributed by atoms with van der Waals surface area (Å²) >= 11 is 1.38. The van der Waals surface area contributed by atoms with Crippen molar-refractivity contribution in [1.82, 2.24) is 0 Å². The van der Waals surface area contributed by atoms with Crippen molar-refractivity contribution in [2.45, 2.75) is 33.6 Å². The highest BCUT2D eigenvalue weighted by Crippen LogP contribution is 2.40. The van der Waals surface area contributed by atoms with Crippen LogP contribution in [0, 0.1) is 6.92 Å². The number of ether oxygens (including phenoxy) is 1. The first kappa shape index (κ1) is 22.5. The fourth-order valence-corrected chi connectivity index (χ4v) is 4.37. The van der Waals surface area contributed by atoms with Crippen LogP contribution in [0.2, 0.25) is 0 Å². The van der Waals surface area contributed by atoms with E-state index in [-0.39, 0.29) is 12.5 Å². The van der Waals surface area contributed by atoms with Gasteiger partial charge in [0.1, 0.15) is 10.6 Å². The van der Waals surface area contributed by atoms with Crippen LogP contribution in [0.5, 0.6) is 0 Å². The number of amides is 1. The highest BCUT2D eigenvalue weighted by Gasteiger charge is 2.25. The van der Waals surface area contributed by atoms with Gasteiger partial charge in [0.05, 0.1) is 6.61 Å². The van der Waals surface area contributed by atoms with Crippen LogP contribution in [-0.4, -0.2) is 18.5 Å². The van der Waals surface area contributed by atoms with Crippen LogP contribution in [0.25, 0.3) is 17.2 Å². The maximum atomic E-state index is 12.7. The van der Waals surface area contributed by atoms with Gasteiger partial charge in [0, 0.05) is 16.5 Å². The first-order chi connectivity index (χ1) is 14.9. The Morgan fingerprint density at radius 1 is 1.06 bits per heavy atom. The second-order valence-electron chi connectivity index (χ2n) is 7.47. The van der Waals surface area contributed by atoms with Gasteiger partial charge in [-0.1, -0.05) is 68.4 Å². The molecule has 3 rings (SSSR count). The lowest BCUT2D eigenvalue weighted by molar-refractivity contribution is -0.111. The molecule has 1 N–H and O–H groups in total. The van der Waals surface area contributed by atoms with Gasteiger partial charge in [-0.25, -0.2) is 4.79 Å². The van der Waals surface area contributed by atoms with Gasteiger partial charge in [-0.3, -0.25) is 4.79 Å². The molecule has 1 heterocycles. The van der Waals surface area contributed by atoms with Crippen LogP contribution < -0.4 is 5.32 Å². The van der Waals surface area contributed by atoms with Gasteiger partial charge >= 0.3 is 5.97 Å². The number of aryl methyl sites for hydroxylation is 1. The van der Waals surface area contributed by atoms with Crippen molar-refractivity contribution in [1.29, 1.82) is 0 Å². The van der Waals surface area contributed by atoms with Crippen molar-refractivity contribution < 1.29 is 14.3 Å². The lowest BCUT2D eigenvalue weighted by Crippen LogP contribution is -2.12. The summed E-state index contributed by atoms with van der Waals surface area (Å²) in [5.74, 6) is -0.267. The Morgan fingerprint density at radius 2 is 1.74 bits per heavy atom. The quantitative estimate of drug-likeness (QED) is 0.334. The normalized spacial score (nSPS) is 11.1. The molecule has 31 heavy (non-hydrogen) atoms. The molecule has 1 amide bonds. The summed E-state index contributed by atoms with van der Waals surface area (Å²) in [6.45, 7) is 8.27. The van der Waals surface area contributed by atoms with E-state index in [0.29, 0.717) is 16.5 Å². The van der Waals surface area contributed by atoms with Crippen molar-refractivity contribution in [3.63, 3.8) is 0 Å². The minimum atomic E-state index is -0.436. The number of carbonyl (C=O) groups excluding carboxylic acids is 2. The monoisotopic (exact) mass is 433 g/mol. The van der Waals surface area contributed by atoms with Gasteiger partial charge in [0.15, 0.2) is 0 Å². The van der Waals surface area contributed by atoms with E-state index in [4.69, 9.17) is 4.74 Å². The maximum absolute atomic E-state index is 12.7. The fraction of sp³-hybridized carbons (Fsp3) is 0.231. The molecule has 0 aliphatic rings. The molecule has 0 bridgehead atoms. The summed E-state index contributed by atoms with van der Waals surface area (Å²) in [7, 11) is 0. The van der Waals surface area contributed by atoms with Gasteiger partial charge in [0.25, 0.3) is 0 Å². The van der Waals surface area contributed by atoms with Crippen molar-refractivity contribution in [2.24, 2.45) is 0 Å².